The molecule has 5 rings (SSSR count). The van der Waals surface area contributed by atoms with Crippen molar-refractivity contribution >= 4 is 17.4 Å². The first-order valence-electron chi connectivity index (χ1n) is 9.90. The average Bonchev–Trinajstić information content (AvgIpc) is 3.53. The molecule has 0 radical (unpaired) electrons. The van der Waals surface area contributed by atoms with Gasteiger partial charge in [-0.25, -0.2) is 0 Å². The van der Waals surface area contributed by atoms with Crippen molar-refractivity contribution in [3.05, 3.63) is 89.6 Å². The summed E-state index contributed by atoms with van der Waals surface area (Å²) in [6.45, 7) is 0.0983. The van der Waals surface area contributed by atoms with Gasteiger partial charge in [0, 0.05) is 18.2 Å². The lowest BCUT2D eigenvalue weighted by Crippen LogP contribution is -2.30. The van der Waals surface area contributed by atoms with E-state index in [0.29, 0.717) is 29.4 Å². The Morgan fingerprint density at radius 3 is 2.61 bits per heavy atom. The largest absolute Gasteiger partial charge is 0.503 e. The van der Waals surface area contributed by atoms with Crippen LogP contribution in [0.1, 0.15) is 23.8 Å². The number of anilines is 1. The number of amides is 1. The molecule has 2 aromatic carbocycles. The van der Waals surface area contributed by atoms with Crippen LogP contribution in [-0.2, 0) is 16.0 Å². The van der Waals surface area contributed by atoms with Gasteiger partial charge in [-0.1, -0.05) is 30.3 Å². The molecule has 0 saturated carbocycles. The number of fused-ring (bicyclic) bond motifs is 1. The molecule has 0 bridgehead atoms. The Labute approximate surface area is 178 Å². The molecule has 0 aliphatic carbocycles. The molecule has 1 unspecified atom stereocenters. The molecular weight excluding hydrogens is 398 g/mol. The van der Waals surface area contributed by atoms with Gasteiger partial charge in [-0.3, -0.25) is 14.5 Å². The molecule has 2 aliphatic heterocycles. The van der Waals surface area contributed by atoms with Crippen LogP contribution in [0.15, 0.2) is 82.7 Å². The fraction of sp³-hybridized carbons (Fsp3) is 0.167. The minimum atomic E-state index is -0.869. The van der Waals surface area contributed by atoms with Crippen molar-refractivity contribution < 1.29 is 28.6 Å². The number of carbonyl (C=O) groups excluding carboxylic acids is 2. The van der Waals surface area contributed by atoms with Crippen LogP contribution in [0.5, 0.6) is 11.5 Å². The Bertz CT molecular complexity index is 1170. The molecule has 7 heteroatoms. The van der Waals surface area contributed by atoms with Crippen LogP contribution in [-0.4, -0.2) is 23.6 Å². The second-order valence-corrected chi connectivity index (χ2v) is 7.30. The van der Waals surface area contributed by atoms with Crippen molar-refractivity contribution in [2.45, 2.75) is 18.9 Å². The number of ether oxygens (including phenoxy) is 2. The molecule has 2 aliphatic rings. The van der Waals surface area contributed by atoms with Gasteiger partial charge in [0.05, 0.1) is 11.8 Å². The lowest BCUT2D eigenvalue weighted by atomic mass is 9.96. The Balaban J connectivity index is 1.49. The highest BCUT2D eigenvalue weighted by Gasteiger charge is 2.45. The second kappa shape index (κ2) is 7.68. The molecule has 1 amide bonds. The Morgan fingerprint density at radius 2 is 1.84 bits per heavy atom. The quantitative estimate of drug-likeness (QED) is 0.649. The van der Waals surface area contributed by atoms with E-state index in [-0.39, 0.29) is 24.6 Å². The van der Waals surface area contributed by atoms with Gasteiger partial charge in [0.25, 0.3) is 5.91 Å². The lowest BCUT2D eigenvalue weighted by Gasteiger charge is -2.25. The molecule has 0 spiro atoms. The van der Waals surface area contributed by atoms with Crippen molar-refractivity contribution in [2.75, 3.05) is 11.7 Å². The number of aryl methyl sites for hydroxylation is 1. The topological polar surface area (TPSA) is 89.2 Å². The van der Waals surface area contributed by atoms with Crippen LogP contribution in [0.4, 0.5) is 5.69 Å². The molecular formula is C24H19NO6. The fourth-order valence-corrected chi connectivity index (χ4v) is 3.94. The number of aliphatic hydroxyl groups excluding tert-OH is 1. The summed E-state index contributed by atoms with van der Waals surface area (Å²) in [6, 6.07) is 17.1. The SMILES string of the molecule is O=C(CCc1ccccc1)C1=C(O)C(=O)N(c2ccc3c(c2)OCO3)C1c1ccco1. The maximum absolute atomic E-state index is 13.2. The maximum Gasteiger partial charge on any atom is 0.294 e. The predicted octanol–water partition coefficient (Wildman–Crippen LogP) is 4.11. The standard InChI is InChI=1S/C24H19NO6/c26-17(10-8-15-5-2-1-3-6-15)21-22(19-7-4-12-29-19)25(24(28)23(21)27)16-9-11-18-20(13-16)31-14-30-18/h1-7,9,11-13,22,27H,8,10,14H2. The van der Waals surface area contributed by atoms with Gasteiger partial charge in [-0.15, -0.1) is 0 Å². The average molecular weight is 417 g/mol. The van der Waals surface area contributed by atoms with Gasteiger partial charge < -0.3 is 19.0 Å². The minimum Gasteiger partial charge on any atom is -0.503 e. The summed E-state index contributed by atoms with van der Waals surface area (Å²) in [6.07, 6.45) is 2.13. The number of benzene rings is 2. The number of nitrogens with zero attached hydrogens (tertiary/aromatic N) is 1. The third kappa shape index (κ3) is 3.34. The zero-order valence-electron chi connectivity index (χ0n) is 16.5. The van der Waals surface area contributed by atoms with Gasteiger partial charge >= 0.3 is 0 Å². The molecule has 1 aromatic heterocycles. The summed E-state index contributed by atoms with van der Waals surface area (Å²) in [5, 5.41) is 10.7. The van der Waals surface area contributed by atoms with E-state index >= 15 is 0 Å². The van der Waals surface area contributed by atoms with Gasteiger partial charge in [-0.05, 0) is 36.2 Å². The zero-order chi connectivity index (χ0) is 21.4. The van der Waals surface area contributed by atoms with Crippen molar-refractivity contribution in [2.24, 2.45) is 0 Å². The zero-order valence-corrected chi connectivity index (χ0v) is 16.5. The van der Waals surface area contributed by atoms with Crippen LogP contribution in [0, 0.1) is 0 Å². The van der Waals surface area contributed by atoms with Gasteiger partial charge in [0.1, 0.15) is 11.8 Å². The van der Waals surface area contributed by atoms with Crippen molar-refractivity contribution in [3.8, 4) is 11.5 Å². The summed E-state index contributed by atoms with van der Waals surface area (Å²) < 4.78 is 16.3. The highest BCUT2D eigenvalue weighted by Crippen LogP contribution is 2.44. The summed E-state index contributed by atoms with van der Waals surface area (Å²) in [4.78, 5) is 27.6. The summed E-state index contributed by atoms with van der Waals surface area (Å²) >= 11 is 0. The fourth-order valence-electron chi connectivity index (χ4n) is 3.94. The molecule has 1 atom stereocenters. The molecule has 0 fully saturated rings. The van der Waals surface area contributed by atoms with E-state index in [1.54, 1.807) is 30.3 Å². The van der Waals surface area contributed by atoms with Crippen molar-refractivity contribution in [1.29, 1.82) is 0 Å². The van der Waals surface area contributed by atoms with E-state index in [1.165, 1.54) is 11.2 Å². The van der Waals surface area contributed by atoms with E-state index in [4.69, 9.17) is 13.9 Å². The number of hydrogen-bond donors (Lipinski definition) is 1. The first kappa shape index (κ1) is 19.0. The molecule has 0 saturated heterocycles. The number of aliphatic hydroxyl groups is 1. The van der Waals surface area contributed by atoms with E-state index in [1.807, 2.05) is 30.3 Å². The van der Waals surface area contributed by atoms with Crippen LogP contribution in [0.3, 0.4) is 0 Å². The normalized spacial score (nSPS) is 17.5. The highest BCUT2D eigenvalue weighted by molar-refractivity contribution is 6.16. The van der Waals surface area contributed by atoms with Crippen molar-refractivity contribution in [1.82, 2.24) is 0 Å². The minimum absolute atomic E-state index is 0.0357. The van der Waals surface area contributed by atoms with Crippen LogP contribution in [0.2, 0.25) is 0 Å². The van der Waals surface area contributed by atoms with Crippen molar-refractivity contribution in [3.63, 3.8) is 0 Å². The smallest absolute Gasteiger partial charge is 0.294 e. The summed E-state index contributed by atoms with van der Waals surface area (Å²) in [7, 11) is 0. The van der Waals surface area contributed by atoms with Gasteiger partial charge in [0.15, 0.2) is 23.0 Å². The molecule has 3 aromatic rings. The van der Waals surface area contributed by atoms with E-state index in [0.717, 1.165) is 5.56 Å². The molecule has 156 valence electrons. The third-order valence-electron chi connectivity index (χ3n) is 5.44. The lowest BCUT2D eigenvalue weighted by molar-refractivity contribution is -0.118. The summed E-state index contributed by atoms with van der Waals surface area (Å²) in [5.41, 5.74) is 1.50. The van der Waals surface area contributed by atoms with Gasteiger partial charge in [0.2, 0.25) is 6.79 Å². The van der Waals surface area contributed by atoms with Crippen LogP contribution in [0.25, 0.3) is 0 Å². The van der Waals surface area contributed by atoms with Crippen LogP contribution < -0.4 is 14.4 Å². The van der Waals surface area contributed by atoms with Gasteiger partial charge in [-0.2, -0.15) is 0 Å². The molecule has 7 nitrogen and oxygen atoms in total. The van der Waals surface area contributed by atoms with E-state index in [2.05, 4.69) is 0 Å². The molecule has 3 heterocycles. The Kier molecular flexibility index (Phi) is 4.71. The first-order valence-corrected chi connectivity index (χ1v) is 9.90. The second-order valence-electron chi connectivity index (χ2n) is 7.30. The number of hydrogen-bond acceptors (Lipinski definition) is 6. The molecule has 1 N–H and O–H groups in total. The monoisotopic (exact) mass is 417 g/mol. The number of furan rings is 1. The van der Waals surface area contributed by atoms with E-state index < -0.39 is 17.7 Å². The number of Topliss-reactive ketones (excluding diaryl/α,β-unsaturated/α-hetero) is 1. The third-order valence-corrected chi connectivity index (χ3v) is 5.44. The first-order chi connectivity index (χ1) is 15.1. The maximum atomic E-state index is 13.2. The predicted molar refractivity (Wildman–Crippen MR) is 111 cm³/mol. The number of rotatable bonds is 6. The highest BCUT2D eigenvalue weighted by atomic mass is 16.7. The summed E-state index contributed by atoms with van der Waals surface area (Å²) in [5.74, 6) is -0.0777. The Hall–Kier alpha value is -4.00. The Morgan fingerprint density at radius 1 is 1.03 bits per heavy atom. The van der Waals surface area contributed by atoms with E-state index in [9.17, 15) is 14.7 Å². The number of ketones is 1. The number of carbonyl (C=O) groups is 2. The van der Waals surface area contributed by atoms with Crippen LogP contribution >= 0.6 is 0 Å². The molecule has 31 heavy (non-hydrogen) atoms.